The minimum absolute atomic E-state index is 0.0300. The number of methoxy groups -OCH3 is 1. The molecule has 0 bridgehead atoms. The summed E-state index contributed by atoms with van der Waals surface area (Å²) >= 11 is 0. The molecule has 0 saturated heterocycles. The van der Waals surface area contributed by atoms with Gasteiger partial charge < -0.3 is 27.2 Å². The van der Waals surface area contributed by atoms with Crippen LogP contribution in [0.5, 0.6) is 5.75 Å². The number of hydrogen-bond acceptors (Lipinski definition) is 3. The molecule has 0 aliphatic heterocycles. The van der Waals surface area contributed by atoms with Gasteiger partial charge in [-0.25, -0.2) is 4.39 Å². The van der Waals surface area contributed by atoms with E-state index in [0.717, 1.165) is 12.1 Å². The van der Waals surface area contributed by atoms with E-state index in [-0.39, 0.29) is 19.0 Å². The van der Waals surface area contributed by atoms with Gasteiger partial charge in [-0.05, 0) is 24.6 Å². The van der Waals surface area contributed by atoms with Crippen molar-refractivity contribution in [2.45, 2.75) is 6.42 Å². The Bertz CT molecular complexity index is 412. The average Bonchev–Trinajstić information content (AvgIpc) is 2.38. The summed E-state index contributed by atoms with van der Waals surface area (Å²) in [5.41, 5.74) is -1.07. The molecule has 0 radical (unpaired) electrons. The molecule has 0 heterocycles. The van der Waals surface area contributed by atoms with Crippen LogP contribution < -0.4 is 10.2 Å². The molecule has 3 nitrogen and oxygen atoms in total. The van der Waals surface area contributed by atoms with Crippen LogP contribution in [0.4, 0.5) is 17.3 Å². The second kappa shape index (κ2) is 8.11. The third-order valence-electron chi connectivity index (χ3n) is 2.45. The van der Waals surface area contributed by atoms with Crippen molar-refractivity contribution in [2.75, 3.05) is 33.5 Å². The lowest BCUT2D eigenvalue weighted by molar-refractivity contribution is 0.0808. The van der Waals surface area contributed by atoms with Crippen molar-refractivity contribution in [3.05, 3.63) is 24.0 Å². The molecule has 0 aliphatic carbocycles. The van der Waals surface area contributed by atoms with Gasteiger partial charge in [0.25, 0.3) is 0 Å². The highest BCUT2D eigenvalue weighted by Gasteiger charge is 2.29. The first kappa shape index (κ1) is 16.8. The van der Waals surface area contributed by atoms with Crippen molar-refractivity contribution in [3.63, 3.8) is 0 Å². The van der Waals surface area contributed by atoms with Crippen molar-refractivity contribution in [1.82, 2.24) is 0 Å². The maximum Gasteiger partial charge on any atom is 0.513 e. The summed E-state index contributed by atoms with van der Waals surface area (Å²) in [6.45, 7) is -4.19. The summed E-state index contributed by atoms with van der Waals surface area (Å²) in [4.78, 5) is 0. The average molecular weight is 295 g/mol. The number of benzene rings is 1. The van der Waals surface area contributed by atoms with Gasteiger partial charge in [-0.1, -0.05) is 5.46 Å². The summed E-state index contributed by atoms with van der Waals surface area (Å²) in [5.74, 6) is -1.32. The molecule has 1 aromatic carbocycles. The molecule has 1 rings (SSSR count). The Morgan fingerprint density at radius 2 is 1.80 bits per heavy atom. The third-order valence-corrected chi connectivity index (χ3v) is 2.45. The van der Waals surface area contributed by atoms with Gasteiger partial charge in [0.05, 0.1) is 12.4 Å². The minimum atomic E-state index is -5.31. The number of hydrogen-bond donors (Lipinski definition) is 0. The molecule has 0 aliphatic rings. The fourth-order valence-electron chi connectivity index (χ4n) is 1.52. The SMILES string of the molecule is COCCCOCCOc1ccc(F)cc1[B-](F)(F)F. The van der Waals surface area contributed by atoms with E-state index in [4.69, 9.17) is 14.2 Å². The number of rotatable bonds is 9. The highest BCUT2D eigenvalue weighted by atomic mass is 19.4. The van der Waals surface area contributed by atoms with Crippen LogP contribution in [-0.2, 0) is 9.47 Å². The van der Waals surface area contributed by atoms with Crippen LogP contribution in [0.25, 0.3) is 0 Å². The lowest BCUT2D eigenvalue weighted by Gasteiger charge is -2.19. The molecule has 0 N–H and O–H groups in total. The number of halogens is 4. The molecule has 0 saturated carbocycles. The summed E-state index contributed by atoms with van der Waals surface area (Å²) < 4.78 is 66.0. The lowest BCUT2D eigenvalue weighted by Crippen LogP contribution is -2.36. The number of ether oxygens (including phenoxy) is 3. The first-order valence-corrected chi connectivity index (χ1v) is 6.14. The molecule has 1 aromatic rings. The van der Waals surface area contributed by atoms with Gasteiger partial charge in [0.15, 0.2) is 0 Å². The molecule has 8 heteroatoms. The monoisotopic (exact) mass is 295 g/mol. The summed E-state index contributed by atoms with van der Waals surface area (Å²) in [6.07, 6.45) is 0.698. The maximum atomic E-state index is 12.9. The van der Waals surface area contributed by atoms with Gasteiger partial charge in [-0.15, -0.1) is 0 Å². The Morgan fingerprint density at radius 1 is 1.05 bits per heavy atom. The first-order valence-electron chi connectivity index (χ1n) is 6.14. The standard InChI is InChI=1S/C12H16BF4O3/c1-18-5-2-6-19-7-8-20-12-4-3-10(14)9-11(12)13(15,16)17/h3-4,9H,2,5-8H2,1H3/q-1. The Morgan fingerprint density at radius 3 is 2.45 bits per heavy atom. The van der Waals surface area contributed by atoms with Gasteiger partial charge in [-0.2, -0.15) is 0 Å². The molecular formula is C12H16BF4O3-. The van der Waals surface area contributed by atoms with Gasteiger partial charge in [0.2, 0.25) is 0 Å². The minimum Gasteiger partial charge on any atom is -0.494 e. The molecule has 0 unspecified atom stereocenters. The molecule has 20 heavy (non-hydrogen) atoms. The highest BCUT2D eigenvalue weighted by Crippen LogP contribution is 2.18. The smallest absolute Gasteiger partial charge is 0.494 e. The summed E-state index contributed by atoms with van der Waals surface area (Å²) in [7, 11) is 1.57. The fourth-order valence-corrected chi connectivity index (χ4v) is 1.52. The van der Waals surface area contributed by atoms with Crippen LogP contribution in [0, 0.1) is 5.82 Å². The van der Waals surface area contributed by atoms with Crippen molar-refractivity contribution >= 4 is 12.4 Å². The molecule has 114 valence electrons. The van der Waals surface area contributed by atoms with Crippen molar-refractivity contribution in [3.8, 4) is 5.75 Å². The molecule has 0 aromatic heterocycles. The third kappa shape index (κ3) is 5.79. The molecule has 0 spiro atoms. The Hall–Kier alpha value is -1.28. The van der Waals surface area contributed by atoms with E-state index < -0.39 is 18.3 Å². The van der Waals surface area contributed by atoms with Crippen LogP contribution in [-0.4, -0.2) is 40.5 Å². The van der Waals surface area contributed by atoms with E-state index >= 15 is 0 Å². The topological polar surface area (TPSA) is 27.7 Å². The summed E-state index contributed by atoms with van der Waals surface area (Å²) in [5, 5.41) is 0. The van der Waals surface area contributed by atoms with E-state index in [1.807, 2.05) is 0 Å². The second-order valence-electron chi connectivity index (χ2n) is 4.06. The molecule has 0 amide bonds. The predicted molar refractivity (Wildman–Crippen MR) is 67.9 cm³/mol. The second-order valence-corrected chi connectivity index (χ2v) is 4.06. The largest absolute Gasteiger partial charge is 0.513 e. The van der Waals surface area contributed by atoms with Crippen LogP contribution in [0.2, 0.25) is 0 Å². The van der Waals surface area contributed by atoms with Gasteiger partial charge in [0.1, 0.15) is 12.4 Å². The quantitative estimate of drug-likeness (QED) is 0.397. The zero-order valence-electron chi connectivity index (χ0n) is 11.1. The van der Waals surface area contributed by atoms with Gasteiger partial charge in [-0.3, -0.25) is 0 Å². The van der Waals surface area contributed by atoms with Crippen molar-refractivity contribution < 1.29 is 31.5 Å². The first-order chi connectivity index (χ1) is 9.45. The van der Waals surface area contributed by atoms with Crippen LogP contribution in [0.3, 0.4) is 0 Å². The van der Waals surface area contributed by atoms with E-state index in [1.165, 1.54) is 0 Å². The van der Waals surface area contributed by atoms with Crippen molar-refractivity contribution in [1.29, 1.82) is 0 Å². The van der Waals surface area contributed by atoms with E-state index in [0.29, 0.717) is 25.7 Å². The van der Waals surface area contributed by atoms with E-state index in [9.17, 15) is 17.3 Å². The van der Waals surface area contributed by atoms with Gasteiger partial charge >= 0.3 is 6.98 Å². The van der Waals surface area contributed by atoms with E-state index in [1.54, 1.807) is 7.11 Å². The maximum absolute atomic E-state index is 12.9. The lowest BCUT2D eigenvalue weighted by atomic mass is 9.79. The van der Waals surface area contributed by atoms with Gasteiger partial charge in [0, 0.05) is 20.3 Å². The normalized spacial score (nSPS) is 11.7. The Labute approximate surface area is 114 Å². The predicted octanol–water partition coefficient (Wildman–Crippen LogP) is 2.31. The van der Waals surface area contributed by atoms with Crippen LogP contribution in [0.15, 0.2) is 18.2 Å². The molecular weight excluding hydrogens is 279 g/mol. The fraction of sp³-hybridized carbons (Fsp3) is 0.500. The molecule has 0 fully saturated rings. The van der Waals surface area contributed by atoms with Crippen LogP contribution >= 0.6 is 0 Å². The zero-order chi connectivity index (χ0) is 15.0. The Balaban J connectivity index is 2.44. The van der Waals surface area contributed by atoms with Crippen LogP contribution in [0.1, 0.15) is 6.42 Å². The Kier molecular flexibility index (Phi) is 6.80. The van der Waals surface area contributed by atoms with Crippen molar-refractivity contribution in [2.24, 2.45) is 0 Å². The van der Waals surface area contributed by atoms with E-state index in [2.05, 4.69) is 0 Å². The summed E-state index contributed by atoms with van der Waals surface area (Å²) in [6, 6.07) is 2.35. The molecule has 0 atom stereocenters. The zero-order valence-corrected chi connectivity index (χ0v) is 11.1. The highest BCUT2D eigenvalue weighted by molar-refractivity contribution is 6.74.